The van der Waals surface area contributed by atoms with Crippen LogP contribution in [-0.2, 0) is 17.3 Å². The van der Waals surface area contributed by atoms with E-state index in [2.05, 4.69) is 59.0 Å². The quantitative estimate of drug-likeness (QED) is 0.545. The van der Waals surface area contributed by atoms with Crippen molar-refractivity contribution in [3.63, 3.8) is 0 Å². The van der Waals surface area contributed by atoms with Crippen LogP contribution in [0.4, 0.5) is 0 Å². The summed E-state index contributed by atoms with van der Waals surface area (Å²) in [5, 5.41) is 3.10. The number of aryl methyl sites for hydroxylation is 1. The minimum atomic E-state index is -0.0834. The van der Waals surface area contributed by atoms with Crippen LogP contribution < -0.4 is 5.32 Å². The van der Waals surface area contributed by atoms with Crippen LogP contribution in [0.5, 0.6) is 0 Å². The Balaban J connectivity index is 1.45. The van der Waals surface area contributed by atoms with Gasteiger partial charge in [0.2, 0.25) is 0 Å². The van der Waals surface area contributed by atoms with E-state index >= 15 is 0 Å². The molecule has 1 aromatic carbocycles. The first-order valence-electron chi connectivity index (χ1n) is 12.6. The smallest absolute Gasteiger partial charge is 0.287 e. The third kappa shape index (κ3) is 4.82. The first kappa shape index (κ1) is 23.1. The molecule has 0 atom stereocenters. The zero-order valence-electron chi connectivity index (χ0n) is 20.9. The lowest BCUT2D eigenvalue weighted by Gasteiger charge is -2.42. The van der Waals surface area contributed by atoms with Gasteiger partial charge in [-0.05, 0) is 89.7 Å². The summed E-state index contributed by atoms with van der Waals surface area (Å²) in [5.74, 6) is 2.65. The number of hydrogen-bond donors (Lipinski definition) is 1. The lowest BCUT2D eigenvalue weighted by molar-refractivity contribution is 0.0912. The normalized spacial score (nSPS) is 24.1. The first-order chi connectivity index (χ1) is 15.0. The Morgan fingerprint density at radius 2 is 1.62 bits per heavy atom. The Kier molecular flexibility index (Phi) is 6.31. The van der Waals surface area contributed by atoms with Crippen molar-refractivity contribution in [2.45, 2.75) is 97.3 Å². The van der Waals surface area contributed by atoms with Crippen LogP contribution in [0.1, 0.15) is 112 Å². The van der Waals surface area contributed by atoms with Crippen molar-refractivity contribution >= 4 is 5.91 Å². The first-order valence-corrected chi connectivity index (χ1v) is 12.6. The Morgan fingerprint density at radius 1 is 1.00 bits per heavy atom. The van der Waals surface area contributed by atoms with Gasteiger partial charge in [0.1, 0.15) is 5.76 Å². The third-order valence-electron chi connectivity index (χ3n) is 8.25. The van der Waals surface area contributed by atoms with Gasteiger partial charge in [0, 0.05) is 13.0 Å². The molecule has 1 aromatic heterocycles. The van der Waals surface area contributed by atoms with E-state index in [0.717, 1.165) is 24.6 Å². The number of nitrogens with one attached hydrogen (secondary N) is 1. The van der Waals surface area contributed by atoms with E-state index in [4.69, 9.17) is 4.42 Å². The van der Waals surface area contributed by atoms with E-state index in [1.807, 2.05) is 12.1 Å². The second kappa shape index (κ2) is 8.72. The zero-order chi connectivity index (χ0) is 23.1. The maximum Gasteiger partial charge on any atom is 0.287 e. The molecule has 0 spiro atoms. The molecule has 1 saturated carbocycles. The molecule has 4 rings (SSSR count). The van der Waals surface area contributed by atoms with Crippen LogP contribution in [0.25, 0.3) is 0 Å². The van der Waals surface area contributed by atoms with Gasteiger partial charge < -0.3 is 9.73 Å². The van der Waals surface area contributed by atoms with Crippen molar-refractivity contribution in [1.29, 1.82) is 0 Å². The highest BCUT2D eigenvalue weighted by Gasteiger charge is 2.37. The number of fused-ring (bicyclic) bond motifs is 1. The summed E-state index contributed by atoms with van der Waals surface area (Å²) in [6.45, 7) is 14.7. The molecular formula is C29H41NO2. The summed E-state index contributed by atoms with van der Waals surface area (Å²) < 4.78 is 5.99. The predicted molar refractivity (Wildman–Crippen MR) is 131 cm³/mol. The van der Waals surface area contributed by atoms with Gasteiger partial charge in [-0.15, -0.1) is 0 Å². The lowest BCUT2D eigenvalue weighted by Crippen LogP contribution is -2.34. The largest absolute Gasteiger partial charge is 0.456 e. The predicted octanol–water partition coefficient (Wildman–Crippen LogP) is 7.08. The molecule has 1 N–H and O–H groups in total. The monoisotopic (exact) mass is 435 g/mol. The molecule has 1 amide bonds. The average Bonchev–Trinajstić information content (AvgIpc) is 3.21. The molecule has 2 aliphatic rings. The summed E-state index contributed by atoms with van der Waals surface area (Å²) in [4.78, 5) is 12.6. The highest BCUT2D eigenvalue weighted by atomic mass is 16.3. The summed E-state index contributed by atoms with van der Waals surface area (Å²) in [6.07, 6.45) is 8.15. The molecule has 2 aliphatic carbocycles. The molecule has 0 saturated heterocycles. The molecule has 3 heteroatoms. The van der Waals surface area contributed by atoms with E-state index in [1.54, 1.807) is 0 Å². The highest BCUT2D eigenvalue weighted by molar-refractivity contribution is 5.91. The van der Waals surface area contributed by atoms with Crippen molar-refractivity contribution in [1.82, 2.24) is 5.32 Å². The van der Waals surface area contributed by atoms with Crippen LogP contribution in [0, 0.1) is 18.8 Å². The topological polar surface area (TPSA) is 42.2 Å². The third-order valence-corrected chi connectivity index (χ3v) is 8.25. The number of amides is 1. The van der Waals surface area contributed by atoms with Crippen LogP contribution >= 0.6 is 0 Å². The second-order valence-electron chi connectivity index (χ2n) is 11.9. The molecule has 1 heterocycles. The van der Waals surface area contributed by atoms with Gasteiger partial charge in [0.25, 0.3) is 5.91 Å². The van der Waals surface area contributed by atoms with Crippen LogP contribution in [0.2, 0.25) is 0 Å². The Labute approximate surface area is 194 Å². The Hall–Kier alpha value is -2.03. The number of rotatable bonds is 5. The molecule has 32 heavy (non-hydrogen) atoms. The molecule has 1 fully saturated rings. The van der Waals surface area contributed by atoms with Crippen molar-refractivity contribution in [3.05, 3.63) is 58.0 Å². The Morgan fingerprint density at radius 3 is 2.28 bits per heavy atom. The fourth-order valence-electron chi connectivity index (χ4n) is 5.60. The summed E-state index contributed by atoms with van der Waals surface area (Å²) in [7, 11) is 0. The molecule has 0 bridgehead atoms. The lowest BCUT2D eigenvalue weighted by atomic mass is 9.62. The van der Waals surface area contributed by atoms with E-state index < -0.39 is 0 Å². The number of hydrogen-bond acceptors (Lipinski definition) is 2. The van der Waals surface area contributed by atoms with E-state index in [0.29, 0.717) is 11.7 Å². The number of benzene rings is 1. The summed E-state index contributed by atoms with van der Waals surface area (Å²) >= 11 is 0. The maximum absolute atomic E-state index is 12.6. The fourth-order valence-corrected chi connectivity index (χ4v) is 5.60. The molecule has 0 unspecified atom stereocenters. The minimum Gasteiger partial charge on any atom is -0.456 e. The van der Waals surface area contributed by atoms with Crippen molar-refractivity contribution in [2.75, 3.05) is 6.54 Å². The zero-order valence-corrected chi connectivity index (χ0v) is 20.9. The standard InChI is InChI=1S/C29H41NO2/c1-19-7-9-21(10-8-19)18-30-27(31)26-12-11-23(32-26)16-22-17-25-24(15-20(22)2)28(3,4)13-14-29(25,5)6/h11-12,15,17,19,21H,7-10,13-14,16,18H2,1-6H3,(H,30,31). The molecule has 3 nitrogen and oxygen atoms in total. The highest BCUT2D eigenvalue weighted by Crippen LogP contribution is 2.46. The van der Waals surface area contributed by atoms with Crippen molar-refractivity contribution < 1.29 is 9.21 Å². The maximum atomic E-state index is 12.6. The van der Waals surface area contributed by atoms with Gasteiger partial charge in [-0.1, -0.05) is 59.6 Å². The van der Waals surface area contributed by atoms with Crippen LogP contribution in [0.3, 0.4) is 0 Å². The minimum absolute atomic E-state index is 0.0834. The number of furan rings is 1. The van der Waals surface area contributed by atoms with E-state index in [-0.39, 0.29) is 16.7 Å². The molecule has 174 valence electrons. The van der Waals surface area contributed by atoms with Crippen LogP contribution in [-0.4, -0.2) is 12.5 Å². The van der Waals surface area contributed by atoms with Gasteiger partial charge in [-0.25, -0.2) is 0 Å². The van der Waals surface area contributed by atoms with Gasteiger partial charge in [0.05, 0.1) is 0 Å². The fraction of sp³-hybridized carbons (Fsp3) is 0.621. The van der Waals surface area contributed by atoms with Crippen molar-refractivity contribution in [2.24, 2.45) is 11.8 Å². The molecule has 2 aromatic rings. The number of carbonyl (C=O) groups is 1. The van der Waals surface area contributed by atoms with E-state index in [9.17, 15) is 4.79 Å². The van der Waals surface area contributed by atoms with Crippen molar-refractivity contribution in [3.8, 4) is 0 Å². The SMILES string of the molecule is Cc1cc2c(cc1Cc1ccc(C(=O)NCC3CCC(C)CC3)o1)C(C)(C)CCC2(C)C. The molecule has 0 aliphatic heterocycles. The van der Waals surface area contributed by atoms with Gasteiger partial charge in [-0.3, -0.25) is 4.79 Å². The average molecular weight is 436 g/mol. The second-order valence-corrected chi connectivity index (χ2v) is 11.9. The molecular weight excluding hydrogens is 394 g/mol. The van der Waals surface area contributed by atoms with Crippen LogP contribution in [0.15, 0.2) is 28.7 Å². The van der Waals surface area contributed by atoms with Gasteiger partial charge in [-0.2, -0.15) is 0 Å². The number of carbonyl (C=O) groups excluding carboxylic acids is 1. The summed E-state index contributed by atoms with van der Waals surface area (Å²) in [6, 6.07) is 8.59. The summed E-state index contributed by atoms with van der Waals surface area (Å²) in [5.41, 5.74) is 5.99. The van der Waals surface area contributed by atoms with Gasteiger partial charge >= 0.3 is 0 Å². The van der Waals surface area contributed by atoms with E-state index in [1.165, 1.54) is 60.8 Å². The molecule has 0 radical (unpaired) electrons. The van der Waals surface area contributed by atoms with Gasteiger partial charge in [0.15, 0.2) is 5.76 Å². The Bertz CT molecular complexity index is 973.